The zero-order valence-electron chi connectivity index (χ0n) is 15.7. The molecule has 0 aliphatic rings. The molecule has 142 valence electrons. The van der Waals surface area contributed by atoms with Crippen LogP contribution in [0.5, 0.6) is 11.5 Å². The molecule has 1 aromatic carbocycles. The van der Waals surface area contributed by atoms with Crippen molar-refractivity contribution < 1.29 is 14.3 Å². The topological polar surface area (TPSA) is 38.8 Å². The number of nitrogens with zero attached hydrogens (tertiary/aromatic N) is 1. The van der Waals surface area contributed by atoms with Gasteiger partial charge in [-0.3, -0.25) is 4.79 Å². The van der Waals surface area contributed by atoms with E-state index in [0.29, 0.717) is 31.2 Å². The van der Waals surface area contributed by atoms with E-state index in [4.69, 9.17) is 9.47 Å². The third-order valence-electron chi connectivity index (χ3n) is 4.17. The van der Waals surface area contributed by atoms with Crippen molar-refractivity contribution in [3.05, 3.63) is 68.0 Å². The molecular weight excluding hydrogens is 378 g/mol. The Labute approximate surface area is 168 Å². The largest absolute Gasteiger partial charge is 0.493 e. The minimum Gasteiger partial charge on any atom is -0.493 e. The Kier molecular flexibility index (Phi) is 6.53. The fraction of sp³-hybridized carbons (Fsp3) is 0.286. The lowest BCUT2D eigenvalue weighted by atomic mass is 10.2. The number of thiophene rings is 2. The lowest BCUT2D eigenvalue weighted by Crippen LogP contribution is -2.29. The Balaban J connectivity index is 1.70. The van der Waals surface area contributed by atoms with E-state index in [0.717, 1.165) is 20.2 Å². The van der Waals surface area contributed by atoms with Gasteiger partial charge in [0.15, 0.2) is 11.5 Å². The van der Waals surface area contributed by atoms with Crippen LogP contribution in [0.4, 0.5) is 0 Å². The first kappa shape index (κ1) is 19.5. The summed E-state index contributed by atoms with van der Waals surface area (Å²) in [4.78, 5) is 17.6. The number of benzene rings is 1. The summed E-state index contributed by atoms with van der Waals surface area (Å²) in [6.07, 6.45) is 0. The summed E-state index contributed by atoms with van der Waals surface area (Å²) in [6, 6.07) is 13.8. The molecule has 0 atom stereocenters. The van der Waals surface area contributed by atoms with Crippen LogP contribution in [0, 0.1) is 6.92 Å². The Morgan fingerprint density at radius 2 is 2.00 bits per heavy atom. The quantitative estimate of drug-likeness (QED) is 0.509. The molecule has 27 heavy (non-hydrogen) atoms. The maximum Gasteiger partial charge on any atom is 0.264 e. The van der Waals surface area contributed by atoms with Crippen LogP contribution in [0.15, 0.2) is 47.8 Å². The first-order valence-electron chi connectivity index (χ1n) is 8.78. The number of hydrogen-bond donors (Lipinski definition) is 0. The molecule has 0 aliphatic heterocycles. The van der Waals surface area contributed by atoms with E-state index in [1.165, 1.54) is 11.3 Å². The van der Waals surface area contributed by atoms with Gasteiger partial charge in [0, 0.05) is 22.8 Å². The highest BCUT2D eigenvalue weighted by Gasteiger charge is 2.17. The average Bonchev–Trinajstić information content (AvgIpc) is 3.36. The highest BCUT2D eigenvalue weighted by molar-refractivity contribution is 7.13. The molecule has 4 nitrogen and oxygen atoms in total. The molecule has 0 saturated heterocycles. The summed E-state index contributed by atoms with van der Waals surface area (Å²) in [6.45, 7) is 5.71. The molecule has 6 heteroatoms. The number of rotatable bonds is 8. The van der Waals surface area contributed by atoms with Crippen LogP contribution in [0.25, 0.3) is 0 Å². The van der Waals surface area contributed by atoms with Gasteiger partial charge in [0.1, 0.15) is 6.61 Å². The van der Waals surface area contributed by atoms with Gasteiger partial charge in [0.2, 0.25) is 0 Å². The fourth-order valence-electron chi connectivity index (χ4n) is 2.73. The van der Waals surface area contributed by atoms with Gasteiger partial charge in [0.25, 0.3) is 5.91 Å². The molecule has 0 spiro atoms. The predicted octanol–water partition coefficient (Wildman–Crippen LogP) is 5.37. The van der Waals surface area contributed by atoms with Crippen LogP contribution < -0.4 is 9.47 Å². The van der Waals surface area contributed by atoms with Crippen LogP contribution >= 0.6 is 22.7 Å². The molecule has 0 bridgehead atoms. The van der Waals surface area contributed by atoms with Crippen molar-refractivity contribution in [2.24, 2.45) is 0 Å². The van der Waals surface area contributed by atoms with Crippen LogP contribution in [0.2, 0.25) is 0 Å². The number of carbonyl (C=O) groups is 1. The zero-order valence-corrected chi connectivity index (χ0v) is 17.4. The third-order valence-corrected chi connectivity index (χ3v) is 6.01. The number of carbonyl (C=O) groups excluding carboxylic acids is 1. The highest BCUT2D eigenvalue weighted by Crippen LogP contribution is 2.30. The Bertz CT molecular complexity index is 887. The van der Waals surface area contributed by atoms with Gasteiger partial charge in [-0.25, -0.2) is 0 Å². The Morgan fingerprint density at radius 3 is 2.63 bits per heavy atom. The fourth-order valence-corrected chi connectivity index (χ4v) is 4.18. The van der Waals surface area contributed by atoms with E-state index in [9.17, 15) is 4.79 Å². The number of hydrogen-bond acceptors (Lipinski definition) is 5. The standard InChI is InChI=1S/C21H23NO3S2/c1-4-22(21(23)20-10-7-15(2)27-20)13-16-8-9-18(19(12-16)24-3)25-14-17-6-5-11-26-17/h5-12H,4,13-14H2,1-3H3. The third kappa shape index (κ3) is 4.90. The van der Waals surface area contributed by atoms with Crippen molar-refractivity contribution in [1.82, 2.24) is 4.90 Å². The number of aryl methyl sites for hydroxylation is 1. The minimum absolute atomic E-state index is 0.0626. The van der Waals surface area contributed by atoms with Crippen molar-refractivity contribution in [2.45, 2.75) is 27.0 Å². The van der Waals surface area contributed by atoms with Gasteiger partial charge in [-0.15, -0.1) is 22.7 Å². The number of amides is 1. The number of methoxy groups -OCH3 is 1. The summed E-state index contributed by atoms with van der Waals surface area (Å²) < 4.78 is 11.4. The molecule has 0 N–H and O–H groups in total. The van der Waals surface area contributed by atoms with Crippen molar-refractivity contribution in [3.63, 3.8) is 0 Å². The van der Waals surface area contributed by atoms with Crippen molar-refractivity contribution >= 4 is 28.6 Å². The van der Waals surface area contributed by atoms with Gasteiger partial charge < -0.3 is 14.4 Å². The normalized spacial score (nSPS) is 10.6. The molecule has 0 unspecified atom stereocenters. The first-order valence-corrected chi connectivity index (χ1v) is 10.5. The minimum atomic E-state index is 0.0626. The Hall–Kier alpha value is -2.31. The van der Waals surface area contributed by atoms with Crippen molar-refractivity contribution in [3.8, 4) is 11.5 Å². The molecule has 0 fully saturated rings. The Morgan fingerprint density at radius 1 is 1.15 bits per heavy atom. The van der Waals surface area contributed by atoms with Crippen LogP contribution in [0.1, 0.15) is 31.9 Å². The molecule has 3 aromatic rings. The monoisotopic (exact) mass is 401 g/mol. The molecule has 2 heterocycles. The number of ether oxygens (including phenoxy) is 2. The van der Waals surface area contributed by atoms with E-state index >= 15 is 0 Å². The van der Waals surface area contributed by atoms with E-state index in [-0.39, 0.29) is 5.91 Å². The summed E-state index contributed by atoms with van der Waals surface area (Å²) in [5.41, 5.74) is 1.01. The van der Waals surface area contributed by atoms with Gasteiger partial charge >= 0.3 is 0 Å². The highest BCUT2D eigenvalue weighted by atomic mass is 32.1. The summed E-state index contributed by atoms with van der Waals surface area (Å²) >= 11 is 3.19. The average molecular weight is 402 g/mol. The lowest BCUT2D eigenvalue weighted by molar-refractivity contribution is 0.0757. The van der Waals surface area contributed by atoms with E-state index < -0.39 is 0 Å². The van der Waals surface area contributed by atoms with Gasteiger partial charge in [0.05, 0.1) is 12.0 Å². The second-order valence-corrected chi connectivity index (χ2v) is 8.40. The molecule has 2 aromatic heterocycles. The SMILES string of the molecule is CCN(Cc1ccc(OCc2cccs2)c(OC)c1)C(=O)c1ccc(C)s1. The molecular formula is C21H23NO3S2. The van der Waals surface area contributed by atoms with Crippen LogP contribution in [-0.4, -0.2) is 24.5 Å². The molecule has 0 aliphatic carbocycles. The summed E-state index contributed by atoms with van der Waals surface area (Å²) in [5.74, 6) is 1.45. The smallest absolute Gasteiger partial charge is 0.264 e. The summed E-state index contributed by atoms with van der Waals surface area (Å²) in [5, 5.41) is 2.03. The molecule has 0 radical (unpaired) electrons. The predicted molar refractivity (Wildman–Crippen MR) is 111 cm³/mol. The van der Waals surface area contributed by atoms with Crippen molar-refractivity contribution in [1.29, 1.82) is 0 Å². The second kappa shape index (κ2) is 9.06. The first-order chi connectivity index (χ1) is 13.1. The zero-order chi connectivity index (χ0) is 19.2. The van der Waals surface area contributed by atoms with Crippen molar-refractivity contribution in [2.75, 3.05) is 13.7 Å². The van der Waals surface area contributed by atoms with E-state index in [1.807, 2.05) is 66.6 Å². The maximum atomic E-state index is 12.7. The van der Waals surface area contributed by atoms with E-state index in [1.54, 1.807) is 18.4 Å². The van der Waals surface area contributed by atoms with Gasteiger partial charge in [-0.05, 0) is 55.1 Å². The second-order valence-electron chi connectivity index (χ2n) is 6.08. The van der Waals surface area contributed by atoms with Gasteiger partial charge in [-0.1, -0.05) is 12.1 Å². The maximum absolute atomic E-state index is 12.7. The molecule has 1 amide bonds. The van der Waals surface area contributed by atoms with Crippen LogP contribution in [-0.2, 0) is 13.2 Å². The van der Waals surface area contributed by atoms with Crippen LogP contribution in [0.3, 0.4) is 0 Å². The molecule has 0 saturated carbocycles. The van der Waals surface area contributed by atoms with Gasteiger partial charge in [-0.2, -0.15) is 0 Å². The lowest BCUT2D eigenvalue weighted by Gasteiger charge is -2.21. The van der Waals surface area contributed by atoms with E-state index in [2.05, 4.69) is 0 Å². The molecule has 3 rings (SSSR count). The summed E-state index contributed by atoms with van der Waals surface area (Å²) in [7, 11) is 1.63.